The van der Waals surface area contributed by atoms with Crippen molar-refractivity contribution >= 4 is 17.8 Å². The first-order valence-electron chi connectivity index (χ1n) is 6.22. The smallest absolute Gasteiger partial charge is 0.184 e. The molecular weight excluding hydrogens is 288 g/mol. The van der Waals surface area contributed by atoms with E-state index in [4.69, 9.17) is 11.6 Å². The lowest BCUT2D eigenvalue weighted by Gasteiger charge is -2.01. The van der Waals surface area contributed by atoms with E-state index in [9.17, 15) is 5.11 Å². The highest BCUT2D eigenvalue weighted by Crippen LogP contribution is 2.20. The molecule has 1 aromatic heterocycles. The van der Waals surface area contributed by atoms with Crippen molar-refractivity contribution in [1.29, 1.82) is 0 Å². The van der Waals surface area contributed by atoms with Crippen LogP contribution in [-0.2, 0) is 0 Å². The first kappa shape index (κ1) is 13.3. The fraction of sp³-hybridized carbons (Fsp3) is 0. The van der Waals surface area contributed by atoms with E-state index < -0.39 is 0 Å². The van der Waals surface area contributed by atoms with Crippen LogP contribution < -0.4 is 0 Å². The Morgan fingerprint density at radius 3 is 2.76 bits per heavy atom. The minimum Gasteiger partial charge on any atom is -0.507 e. The van der Waals surface area contributed by atoms with Gasteiger partial charge in [0.15, 0.2) is 5.82 Å². The van der Waals surface area contributed by atoms with Gasteiger partial charge >= 0.3 is 0 Å². The fourth-order valence-electron chi connectivity index (χ4n) is 1.84. The third-order valence-corrected chi connectivity index (χ3v) is 3.11. The second kappa shape index (κ2) is 5.76. The standard InChI is InChI=1S/C15H11ClN4O/c16-13-6-7-14(21)12(8-13)9-18-20-10-17-19-15(20)11-4-2-1-3-5-11/h1-10,21H/b18-9+. The molecule has 0 atom stereocenters. The number of nitrogens with zero attached hydrogens (tertiary/aromatic N) is 4. The summed E-state index contributed by atoms with van der Waals surface area (Å²) in [5.74, 6) is 0.728. The van der Waals surface area contributed by atoms with Crippen molar-refractivity contribution < 1.29 is 5.11 Å². The van der Waals surface area contributed by atoms with Gasteiger partial charge < -0.3 is 5.11 Å². The lowest BCUT2D eigenvalue weighted by Crippen LogP contribution is -1.93. The zero-order chi connectivity index (χ0) is 14.7. The lowest BCUT2D eigenvalue weighted by molar-refractivity contribution is 0.474. The molecule has 3 rings (SSSR count). The molecule has 1 N–H and O–H groups in total. The first-order chi connectivity index (χ1) is 10.2. The SMILES string of the molecule is Oc1ccc(Cl)cc1/C=N/n1cnnc1-c1ccccc1. The van der Waals surface area contributed by atoms with Gasteiger partial charge in [-0.05, 0) is 18.2 Å². The van der Waals surface area contributed by atoms with Crippen molar-refractivity contribution in [2.45, 2.75) is 0 Å². The summed E-state index contributed by atoms with van der Waals surface area (Å²) >= 11 is 5.90. The molecule has 0 aliphatic rings. The van der Waals surface area contributed by atoms with Gasteiger partial charge in [-0.1, -0.05) is 41.9 Å². The molecule has 2 aromatic carbocycles. The molecule has 21 heavy (non-hydrogen) atoms. The van der Waals surface area contributed by atoms with Crippen molar-refractivity contribution in [3.05, 3.63) is 65.4 Å². The van der Waals surface area contributed by atoms with Crippen LogP contribution in [0.3, 0.4) is 0 Å². The molecule has 0 aliphatic heterocycles. The number of aromatic hydroxyl groups is 1. The molecular formula is C15H11ClN4O. The minimum absolute atomic E-state index is 0.109. The molecule has 5 nitrogen and oxygen atoms in total. The monoisotopic (exact) mass is 298 g/mol. The maximum absolute atomic E-state index is 9.76. The molecule has 0 radical (unpaired) electrons. The summed E-state index contributed by atoms with van der Waals surface area (Å²) in [5, 5.41) is 22.5. The molecule has 104 valence electrons. The molecule has 0 saturated heterocycles. The number of aromatic nitrogens is 3. The summed E-state index contributed by atoms with van der Waals surface area (Å²) in [6, 6.07) is 14.4. The van der Waals surface area contributed by atoms with Crippen LogP contribution in [0.25, 0.3) is 11.4 Å². The van der Waals surface area contributed by atoms with Crippen LogP contribution in [0.15, 0.2) is 60.0 Å². The Labute approximate surface area is 126 Å². The Morgan fingerprint density at radius 1 is 1.14 bits per heavy atom. The van der Waals surface area contributed by atoms with Gasteiger partial charge in [0.2, 0.25) is 0 Å². The predicted octanol–water partition coefficient (Wildman–Crippen LogP) is 3.19. The van der Waals surface area contributed by atoms with Gasteiger partial charge in [-0.2, -0.15) is 9.78 Å². The average molecular weight is 299 g/mol. The van der Waals surface area contributed by atoms with E-state index in [1.165, 1.54) is 23.3 Å². The van der Waals surface area contributed by atoms with Crippen molar-refractivity contribution in [2.75, 3.05) is 0 Å². The Balaban J connectivity index is 1.94. The largest absolute Gasteiger partial charge is 0.507 e. The van der Waals surface area contributed by atoms with Crippen LogP contribution in [0, 0.1) is 0 Å². The topological polar surface area (TPSA) is 63.3 Å². The summed E-state index contributed by atoms with van der Waals surface area (Å²) in [4.78, 5) is 0. The zero-order valence-corrected chi connectivity index (χ0v) is 11.6. The molecule has 0 bridgehead atoms. The normalized spacial score (nSPS) is 11.1. The summed E-state index contributed by atoms with van der Waals surface area (Å²) in [6.45, 7) is 0. The molecule has 1 heterocycles. The molecule has 0 aliphatic carbocycles. The molecule has 0 amide bonds. The Bertz CT molecular complexity index is 783. The van der Waals surface area contributed by atoms with E-state index in [1.807, 2.05) is 30.3 Å². The van der Waals surface area contributed by atoms with Crippen LogP contribution in [0.2, 0.25) is 5.02 Å². The third kappa shape index (κ3) is 2.93. The predicted molar refractivity (Wildman–Crippen MR) is 81.6 cm³/mol. The summed E-state index contributed by atoms with van der Waals surface area (Å²) < 4.78 is 1.54. The molecule has 0 saturated carbocycles. The molecule has 0 spiro atoms. The number of rotatable bonds is 3. The highest BCUT2D eigenvalue weighted by atomic mass is 35.5. The maximum atomic E-state index is 9.76. The van der Waals surface area contributed by atoms with Gasteiger partial charge in [0.25, 0.3) is 0 Å². The van der Waals surface area contributed by atoms with Crippen molar-refractivity contribution in [3.8, 4) is 17.1 Å². The van der Waals surface area contributed by atoms with E-state index in [1.54, 1.807) is 12.1 Å². The van der Waals surface area contributed by atoms with E-state index in [0.29, 0.717) is 16.4 Å². The van der Waals surface area contributed by atoms with Crippen molar-refractivity contribution in [2.24, 2.45) is 5.10 Å². The Morgan fingerprint density at radius 2 is 1.95 bits per heavy atom. The second-order valence-electron chi connectivity index (χ2n) is 4.31. The Kier molecular flexibility index (Phi) is 3.66. The van der Waals surface area contributed by atoms with Gasteiger partial charge in [0.1, 0.15) is 12.1 Å². The quantitative estimate of drug-likeness (QED) is 0.755. The van der Waals surface area contributed by atoms with Gasteiger partial charge in [0.05, 0.1) is 6.21 Å². The van der Waals surface area contributed by atoms with Gasteiger partial charge in [-0.25, -0.2) is 0 Å². The van der Waals surface area contributed by atoms with Gasteiger partial charge in [-0.3, -0.25) is 0 Å². The van der Waals surface area contributed by atoms with Crippen LogP contribution in [-0.4, -0.2) is 26.2 Å². The van der Waals surface area contributed by atoms with E-state index >= 15 is 0 Å². The number of halogens is 1. The molecule has 0 unspecified atom stereocenters. The van der Waals surface area contributed by atoms with Crippen LogP contribution >= 0.6 is 11.6 Å². The summed E-state index contributed by atoms with van der Waals surface area (Å²) in [6.07, 6.45) is 3.01. The number of phenolic OH excluding ortho intramolecular Hbond substituents is 1. The van der Waals surface area contributed by atoms with Crippen LogP contribution in [0.1, 0.15) is 5.56 Å². The Hall–Kier alpha value is -2.66. The van der Waals surface area contributed by atoms with Crippen molar-refractivity contribution in [3.63, 3.8) is 0 Å². The third-order valence-electron chi connectivity index (χ3n) is 2.87. The molecule has 0 fully saturated rings. The number of hydrogen-bond donors (Lipinski definition) is 1. The van der Waals surface area contributed by atoms with Crippen molar-refractivity contribution in [1.82, 2.24) is 14.9 Å². The maximum Gasteiger partial charge on any atom is 0.184 e. The number of hydrogen-bond acceptors (Lipinski definition) is 4. The first-order valence-corrected chi connectivity index (χ1v) is 6.60. The second-order valence-corrected chi connectivity index (χ2v) is 4.75. The minimum atomic E-state index is 0.109. The average Bonchev–Trinajstić information content (AvgIpc) is 2.97. The highest BCUT2D eigenvalue weighted by molar-refractivity contribution is 6.30. The van der Waals surface area contributed by atoms with Gasteiger partial charge in [-0.15, -0.1) is 10.2 Å². The van der Waals surface area contributed by atoms with E-state index in [0.717, 1.165) is 5.56 Å². The number of benzene rings is 2. The molecule has 3 aromatic rings. The van der Waals surface area contributed by atoms with E-state index in [2.05, 4.69) is 15.3 Å². The van der Waals surface area contributed by atoms with Crippen LogP contribution in [0.5, 0.6) is 5.75 Å². The summed E-state index contributed by atoms with van der Waals surface area (Å²) in [5.41, 5.74) is 1.43. The van der Waals surface area contributed by atoms with Gasteiger partial charge in [0, 0.05) is 16.1 Å². The number of phenols is 1. The lowest BCUT2D eigenvalue weighted by atomic mass is 10.2. The van der Waals surface area contributed by atoms with Crippen LogP contribution in [0.4, 0.5) is 0 Å². The zero-order valence-electron chi connectivity index (χ0n) is 10.9. The fourth-order valence-corrected chi connectivity index (χ4v) is 2.03. The highest BCUT2D eigenvalue weighted by Gasteiger charge is 2.05. The van der Waals surface area contributed by atoms with E-state index in [-0.39, 0.29) is 5.75 Å². The summed E-state index contributed by atoms with van der Waals surface area (Å²) in [7, 11) is 0. The molecule has 6 heteroatoms.